The number of hydrogen-bond donors (Lipinski definition) is 4. The minimum absolute atomic E-state index is 0.220. The standard InChI is InChI=1S/C19H24Cl2N4O2/c20-15-8-7-13(10-16(15)21)12-23-19-24-17(11-22)14(18(27)25-19)6-4-2-1-3-5-9-26/h7-8,10-11,22,26H,1-6,9,12H2,(H2,23,24,25,27). The number of aliphatic hydroxyl groups is 1. The molecule has 0 aliphatic carbocycles. The van der Waals surface area contributed by atoms with E-state index >= 15 is 0 Å². The maximum atomic E-state index is 12.4. The molecule has 0 saturated heterocycles. The number of unbranched alkanes of at least 4 members (excludes halogenated alkanes) is 4. The van der Waals surface area contributed by atoms with E-state index in [4.69, 9.17) is 33.7 Å². The van der Waals surface area contributed by atoms with Crippen LogP contribution in [-0.4, -0.2) is 27.9 Å². The van der Waals surface area contributed by atoms with Crippen LogP contribution in [0.25, 0.3) is 0 Å². The maximum Gasteiger partial charge on any atom is 0.256 e. The monoisotopic (exact) mass is 410 g/mol. The fourth-order valence-corrected chi connectivity index (χ4v) is 3.06. The first-order valence-corrected chi connectivity index (χ1v) is 9.73. The van der Waals surface area contributed by atoms with Gasteiger partial charge in [-0.15, -0.1) is 0 Å². The minimum atomic E-state index is -0.226. The van der Waals surface area contributed by atoms with Crippen molar-refractivity contribution < 1.29 is 5.11 Å². The second-order valence-electron chi connectivity index (χ2n) is 6.27. The molecule has 0 fully saturated rings. The lowest BCUT2D eigenvalue weighted by molar-refractivity contribution is 0.282. The summed E-state index contributed by atoms with van der Waals surface area (Å²) in [6.45, 7) is 0.639. The molecular weight excluding hydrogens is 387 g/mol. The van der Waals surface area contributed by atoms with Gasteiger partial charge in [0.1, 0.15) is 0 Å². The average molecular weight is 411 g/mol. The van der Waals surface area contributed by atoms with E-state index < -0.39 is 0 Å². The lowest BCUT2D eigenvalue weighted by Crippen LogP contribution is -2.20. The summed E-state index contributed by atoms with van der Waals surface area (Å²) < 4.78 is 0. The third-order valence-corrected chi connectivity index (χ3v) is 4.95. The topological polar surface area (TPSA) is 102 Å². The predicted molar refractivity (Wildman–Crippen MR) is 110 cm³/mol. The Hall–Kier alpha value is -1.89. The molecular formula is C19H24Cl2N4O2. The summed E-state index contributed by atoms with van der Waals surface area (Å²) in [5.74, 6) is 0.316. The highest BCUT2D eigenvalue weighted by Gasteiger charge is 2.10. The molecule has 1 aromatic carbocycles. The van der Waals surface area contributed by atoms with Crippen LogP contribution in [0.2, 0.25) is 10.0 Å². The Balaban J connectivity index is 1.98. The smallest absolute Gasteiger partial charge is 0.256 e. The summed E-state index contributed by atoms with van der Waals surface area (Å²) >= 11 is 11.9. The van der Waals surface area contributed by atoms with Gasteiger partial charge in [0.25, 0.3) is 5.56 Å². The van der Waals surface area contributed by atoms with E-state index in [1.165, 1.54) is 0 Å². The number of nitrogens with one attached hydrogen (secondary N) is 3. The first-order valence-electron chi connectivity index (χ1n) is 8.97. The molecule has 0 aliphatic heterocycles. The Labute approximate surface area is 168 Å². The van der Waals surface area contributed by atoms with Gasteiger partial charge in [-0.05, 0) is 37.0 Å². The quantitative estimate of drug-likeness (QED) is 0.329. The zero-order chi connectivity index (χ0) is 19.6. The molecule has 6 nitrogen and oxygen atoms in total. The van der Waals surface area contributed by atoms with Crippen LogP contribution in [0.4, 0.5) is 5.95 Å². The molecule has 27 heavy (non-hydrogen) atoms. The maximum absolute atomic E-state index is 12.4. The molecule has 1 aromatic heterocycles. The Morgan fingerprint density at radius 1 is 1.15 bits per heavy atom. The highest BCUT2D eigenvalue weighted by atomic mass is 35.5. The number of halogens is 2. The minimum Gasteiger partial charge on any atom is -0.396 e. The van der Waals surface area contributed by atoms with Crippen molar-refractivity contribution in [2.75, 3.05) is 11.9 Å². The summed E-state index contributed by atoms with van der Waals surface area (Å²) in [7, 11) is 0. The Kier molecular flexibility index (Phi) is 8.78. The van der Waals surface area contributed by atoms with Crippen LogP contribution in [0.3, 0.4) is 0 Å². The van der Waals surface area contributed by atoms with Crippen LogP contribution in [0, 0.1) is 5.41 Å². The zero-order valence-corrected chi connectivity index (χ0v) is 16.5. The van der Waals surface area contributed by atoms with E-state index in [-0.39, 0.29) is 12.2 Å². The van der Waals surface area contributed by atoms with Crippen molar-refractivity contribution in [3.8, 4) is 0 Å². The molecule has 4 N–H and O–H groups in total. The van der Waals surface area contributed by atoms with Gasteiger partial charge in [-0.3, -0.25) is 9.78 Å². The molecule has 146 valence electrons. The fraction of sp³-hybridized carbons (Fsp3) is 0.421. The fourth-order valence-electron chi connectivity index (χ4n) is 2.74. The number of aliphatic hydroxyl groups excluding tert-OH is 1. The van der Waals surface area contributed by atoms with Crippen molar-refractivity contribution in [3.05, 3.63) is 55.4 Å². The van der Waals surface area contributed by atoms with E-state index in [9.17, 15) is 4.79 Å². The molecule has 8 heteroatoms. The first kappa shape index (κ1) is 21.4. The SMILES string of the molecule is N=Cc1nc(NCc2ccc(Cl)c(Cl)c2)[nH]c(=O)c1CCCCCCCO. The van der Waals surface area contributed by atoms with Crippen molar-refractivity contribution in [2.45, 2.75) is 45.1 Å². The number of benzene rings is 1. The van der Waals surface area contributed by atoms with Crippen molar-refractivity contribution in [1.82, 2.24) is 9.97 Å². The van der Waals surface area contributed by atoms with E-state index in [0.29, 0.717) is 40.2 Å². The zero-order valence-electron chi connectivity index (χ0n) is 15.0. The normalized spacial score (nSPS) is 10.8. The summed E-state index contributed by atoms with van der Waals surface area (Å²) in [6.07, 6.45) is 6.35. The van der Waals surface area contributed by atoms with Crippen LogP contribution in [0.1, 0.15) is 48.9 Å². The lowest BCUT2D eigenvalue weighted by Gasteiger charge is -2.10. The van der Waals surface area contributed by atoms with Crippen molar-refractivity contribution >= 4 is 35.4 Å². The van der Waals surface area contributed by atoms with Gasteiger partial charge in [0.2, 0.25) is 5.95 Å². The molecule has 0 unspecified atom stereocenters. The van der Waals surface area contributed by atoms with Crippen molar-refractivity contribution in [2.24, 2.45) is 0 Å². The Morgan fingerprint density at radius 2 is 1.89 bits per heavy atom. The van der Waals surface area contributed by atoms with Gasteiger partial charge in [-0.1, -0.05) is 48.5 Å². The molecule has 2 rings (SSSR count). The van der Waals surface area contributed by atoms with Crippen LogP contribution in [0.5, 0.6) is 0 Å². The molecule has 0 bridgehead atoms. The third-order valence-electron chi connectivity index (χ3n) is 4.21. The molecule has 0 saturated carbocycles. The van der Waals surface area contributed by atoms with Gasteiger partial charge in [0.05, 0.1) is 15.7 Å². The summed E-state index contributed by atoms with van der Waals surface area (Å²) in [5.41, 5.74) is 1.59. The third kappa shape index (κ3) is 6.65. The molecule has 1 heterocycles. The first-order chi connectivity index (χ1) is 13.0. The van der Waals surface area contributed by atoms with Crippen molar-refractivity contribution in [3.63, 3.8) is 0 Å². The molecule has 0 amide bonds. The highest BCUT2D eigenvalue weighted by molar-refractivity contribution is 6.42. The lowest BCUT2D eigenvalue weighted by atomic mass is 10.1. The van der Waals surface area contributed by atoms with Crippen LogP contribution in [-0.2, 0) is 13.0 Å². The van der Waals surface area contributed by atoms with E-state index in [1.807, 2.05) is 6.07 Å². The molecule has 2 aromatic rings. The van der Waals surface area contributed by atoms with E-state index in [2.05, 4.69) is 15.3 Å². The van der Waals surface area contributed by atoms with Gasteiger partial charge in [-0.2, -0.15) is 0 Å². The predicted octanol–water partition coefficient (Wildman–Crippen LogP) is 4.17. The van der Waals surface area contributed by atoms with E-state index in [0.717, 1.165) is 43.9 Å². The largest absolute Gasteiger partial charge is 0.396 e. The van der Waals surface area contributed by atoms with Gasteiger partial charge in [0.15, 0.2) is 0 Å². The van der Waals surface area contributed by atoms with Crippen LogP contribution in [0.15, 0.2) is 23.0 Å². The number of H-pyrrole nitrogens is 1. The van der Waals surface area contributed by atoms with Crippen LogP contribution >= 0.6 is 23.2 Å². The number of aromatic nitrogens is 2. The molecule has 0 aliphatic rings. The second-order valence-corrected chi connectivity index (χ2v) is 7.08. The number of anilines is 1. The number of rotatable bonds is 11. The number of aromatic amines is 1. The Bertz CT molecular complexity index is 824. The van der Waals surface area contributed by atoms with Gasteiger partial charge in [0, 0.05) is 24.9 Å². The second kappa shape index (κ2) is 11.1. The molecule has 0 radical (unpaired) electrons. The number of nitrogens with zero attached hydrogens (tertiary/aromatic N) is 1. The van der Waals surface area contributed by atoms with E-state index in [1.54, 1.807) is 12.1 Å². The summed E-state index contributed by atoms with van der Waals surface area (Å²) in [4.78, 5) is 19.5. The Morgan fingerprint density at radius 3 is 2.59 bits per heavy atom. The van der Waals surface area contributed by atoms with Crippen LogP contribution < -0.4 is 10.9 Å². The number of hydrogen-bond acceptors (Lipinski definition) is 5. The van der Waals surface area contributed by atoms with Gasteiger partial charge in [-0.25, -0.2) is 4.98 Å². The summed E-state index contributed by atoms with van der Waals surface area (Å²) in [5, 5.41) is 20.3. The molecule has 0 spiro atoms. The van der Waals surface area contributed by atoms with Crippen molar-refractivity contribution in [1.29, 1.82) is 5.41 Å². The molecule has 0 atom stereocenters. The van der Waals surface area contributed by atoms with Gasteiger partial charge >= 0.3 is 0 Å². The summed E-state index contributed by atoms with van der Waals surface area (Å²) in [6, 6.07) is 5.30. The highest BCUT2D eigenvalue weighted by Crippen LogP contribution is 2.22. The average Bonchev–Trinajstić information content (AvgIpc) is 2.66. The van der Waals surface area contributed by atoms with Gasteiger partial charge < -0.3 is 15.8 Å².